The van der Waals surface area contributed by atoms with Crippen molar-refractivity contribution in [1.29, 1.82) is 0 Å². The predicted octanol–water partition coefficient (Wildman–Crippen LogP) is 0.0336. The Labute approximate surface area is 127 Å². The molecule has 0 saturated carbocycles. The highest BCUT2D eigenvalue weighted by Gasteiger charge is 2.15. The fourth-order valence-corrected chi connectivity index (χ4v) is 2.46. The minimum atomic E-state index is -0.287. The van der Waals surface area contributed by atoms with Crippen molar-refractivity contribution in [2.45, 2.75) is 19.4 Å². The normalized spacial score (nSPS) is 14.3. The SMILES string of the molecule is Cn1ccc(C(=O)NCc2cc(=O)[nH]c(N3CCCC3)n2)n1. The van der Waals surface area contributed by atoms with Crippen LogP contribution in [0, 0.1) is 0 Å². The number of nitrogens with one attached hydrogen (secondary N) is 2. The Bertz CT molecular complexity index is 729. The molecule has 1 fully saturated rings. The summed E-state index contributed by atoms with van der Waals surface area (Å²) in [5.74, 6) is 0.289. The molecule has 1 saturated heterocycles. The molecule has 2 N–H and O–H groups in total. The molecule has 1 aliphatic heterocycles. The maximum absolute atomic E-state index is 11.9. The highest BCUT2D eigenvalue weighted by atomic mass is 16.2. The van der Waals surface area contributed by atoms with Crippen molar-refractivity contribution in [3.63, 3.8) is 0 Å². The highest BCUT2D eigenvalue weighted by molar-refractivity contribution is 5.92. The topological polar surface area (TPSA) is 95.9 Å². The van der Waals surface area contributed by atoms with Crippen LogP contribution in [0.1, 0.15) is 29.0 Å². The van der Waals surface area contributed by atoms with Crippen molar-refractivity contribution < 1.29 is 4.79 Å². The van der Waals surface area contributed by atoms with Crippen molar-refractivity contribution >= 4 is 11.9 Å². The van der Waals surface area contributed by atoms with Crippen molar-refractivity contribution in [1.82, 2.24) is 25.1 Å². The number of carbonyl (C=O) groups is 1. The summed E-state index contributed by atoms with van der Waals surface area (Å²) in [7, 11) is 1.75. The lowest BCUT2D eigenvalue weighted by Crippen LogP contribution is -2.28. The lowest BCUT2D eigenvalue weighted by molar-refractivity contribution is 0.0944. The van der Waals surface area contributed by atoms with Crippen LogP contribution in [0.25, 0.3) is 0 Å². The van der Waals surface area contributed by atoms with Crippen molar-refractivity contribution in [2.24, 2.45) is 7.05 Å². The van der Waals surface area contributed by atoms with Crippen LogP contribution in [0.5, 0.6) is 0 Å². The van der Waals surface area contributed by atoms with E-state index in [0.29, 0.717) is 17.3 Å². The van der Waals surface area contributed by atoms with Gasteiger partial charge >= 0.3 is 0 Å². The molecular weight excluding hydrogens is 284 g/mol. The lowest BCUT2D eigenvalue weighted by atomic mass is 10.3. The standard InChI is InChI=1S/C14H18N6O2/c1-19-7-4-11(18-19)13(22)15-9-10-8-12(21)17-14(16-10)20-5-2-3-6-20/h4,7-8H,2-3,5-6,9H2,1H3,(H,15,22)(H,16,17,21). The minimum absolute atomic E-state index is 0.195. The van der Waals surface area contributed by atoms with Crippen LogP contribution >= 0.6 is 0 Å². The number of nitrogens with zero attached hydrogens (tertiary/aromatic N) is 4. The summed E-state index contributed by atoms with van der Waals surface area (Å²) in [6, 6.07) is 3.04. The number of rotatable bonds is 4. The molecule has 3 rings (SSSR count). The first-order valence-electron chi connectivity index (χ1n) is 7.25. The predicted molar refractivity (Wildman–Crippen MR) is 80.7 cm³/mol. The summed E-state index contributed by atoms with van der Waals surface area (Å²) in [4.78, 5) is 32.9. The van der Waals surface area contributed by atoms with Gasteiger partial charge in [-0.2, -0.15) is 5.10 Å². The molecule has 0 unspecified atom stereocenters. The largest absolute Gasteiger partial charge is 0.345 e. The highest BCUT2D eigenvalue weighted by Crippen LogP contribution is 2.14. The molecule has 0 spiro atoms. The van der Waals surface area contributed by atoms with Crippen LogP contribution in [0.4, 0.5) is 5.95 Å². The monoisotopic (exact) mass is 302 g/mol. The van der Waals surface area contributed by atoms with E-state index >= 15 is 0 Å². The summed E-state index contributed by atoms with van der Waals surface area (Å²) in [5, 5.41) is 6.75. The van der Waals surface area contributed by atoms with E-state index in [1.807, 2.05) is 4.90 Å². The van der Waals surface area contributed by atoms with Crippen LogP contribution in [-0.2, 0) is 13.6 Å². The Kier molecular flexibility index (Phi) is 3.90. The average molecular weight is 302 g/mol. The number of amides is 1. The molecule has 0 bridgehead atoms. The Hall–Kier alpha value is -2.64. The Morgan fingerprint density at radius 3 is 2.86 bits per heavy atom. The van der Waals surface area contributed by atoms with Gasteiger partial charge in [0.25, 0.3) is 11.5 Å². The number of carbonyl (C=O) groups excluding carboxylic acids is 1. The van der Waals surface area contributed by atoms with E-state index in [4.69, 9.17) is 0 Å². The molecule has 8 heteroatoms. The van der Waals surface area contributed by atoms with Crippen molar-refractivity contribution in [2.75, 3.05) is 18.0 Å². The molecule has 1 aliphatic rings. The van der Waals surface area contributed by atoms with Crippen molar-refractivity contribution in [3.05, 3.63) is 40.1 Å². The summed E-state index contributed by atoms with van der Waals surface area (Å²) < 4.78 is 1.56. The molecule has 0 radical (unpaired) electrons. The van der Waals surface area contributed by atoms with Crippen LogP contribution in [0.15, 0.2) is 23.1 Å². The van der Waals surface area contributed by atoms with E-state index in [1.165, 1.54) is 6.07 Å². The summed E-state index contributed by atoms with van der Waals surface area (Å²) in [5.41, 5.74) is 0.668. The number of H-pyrrole nitrogens is 1. The average Bonchev–Trinajstić information content (AvgIpc) is 3.15. The van der Waals surface area contributed by atoms with E-state index in [1.54, 1.807) is 24.0 Å². The van der Waals surface area contributed by atoms with Crippen LogP contribution in [0.2, 0.25) is 0 Å². The van der Waals surface area contributed by atoms with Gasteiger partial charge in [0.2, 0.25) is 5.95 Å². The first-order valence-corrected chi connectivity index (χ1v) is 7.25. The summed E-state index contributed by atoms with van der Waals surface area (Å²) in [6.45, 7) is 1.99. The first-order chi connectivity index (χ1) is 10.6. The quantitative estimate of drug-likeness (QED) is 0.831. The van der Waals surface area contributed by atoms with Gasteiger partial charge in [-0.3, -0.25) is 19.3 Å². The Balaban J connectivity index is 1.69. The molecule has 0 aliphatic carbocycles. The number of hydrogen-bond donors (Lipinski definition) is 2. The third-order valence-corrected chi connectivity index (χ3v) is 3.56. The molecule has 2 aromatic rings. The Morgan fingerprint density at radius 1 is 1.41 bits per heavy atom. The number of aromatic nitrogens is 4. The second-order valence-electron chi connectivity index (χ2n) is 5.31. The van der Waals surface area contributed by atoms with Gasteiger partial charge in [-0.05, 0) is 18.9 Å². The maximum Gasteiger partial charge on any atom is 0.272 e. The smallest absolute Gasteiger partial charge is 0.272 e. The van der Waals surface area contributed by atoms with Gasteiger partial charge < -0.3 is 10.2 Å². The van der Waals surface area contributed by atoms with Gasteiger partial charge in [-0.1, -0.05) is 0 Å². The van der Waals surface area contributed by atoms with Gasteiger partial charge in [0.05, 0.1) is 12.2 Å². The number of hydrogen-bond acceptors (Lipinski definition) is 5. The number of anilines is 1. The molecule has 1 amide bonds. The molecule has 116 valence electrons. The van der Waals surface area contributed by atoms with Crippen LogP contribution in [0.3, 0.4) is 0 Å². The number of aryl methyl sites for hydroxylation is 1. The number of aromatic amines is 1. The van der Waals surface area contributed by atoms with Gasteiger partial charge in [-0.25, -0.2) is 4.98 Å². The van der Waals surface area contributed by atoms with E-state index in [0.717, 1.165) is 25.9 Å². The van der Waals surface area contributed by atoms with Crippen molar-refractivity contribution in [3.8, 4) is 0 Å². The molecule has 3 heterocycles. The third-order valence-electron chi connectivity index (χ3n) is 3.56. The van der Waals surface area contributed by atoms with Crippen LogP contribution < -0.4 is 15.8 Å². The summed E-state index contributed by atoms with van der Waals surface area (Å²) in [6.07, 6.45) is 3.90. The molecule has 0 atom stereocenters. The first kappa shape index (κ1) is 14.3. The van der Waals surface area contributed by atoms with Gasteiger partial charge in [-0.15, -0.1) is 0 Å². The van der Waals surface area contributed by atoms with Gasteiger partial charge in [0.1, 0.15) is 5.69 Å². The minimum Gasteiger partial charge on any atom is -0.345 e. The second kappa shape index (κ2) is 6.00. The van der Waals surface area contributed by atoms with E-state index in [-0.39, 0.29) is 18.0 Å². The fraction of sp³-hybridized carbons (Fsp3) is 0.429. The molecule has 0 aromatic carbocycles. The zero-order valence-electron chi connectivity index (χ0n) is 12.4. The van der Waals surface area contributed by atoms with Gasteiger partial charge in [0.15, 0.2) is 0 Å². The molecule has 2 aromatic heterocycles. The zero-order valence-corrected chi connectivity index (χ0v) is 12.4. The van der Waals surface area contributed by atoms with Gasteiger partial charge in [0, 0.05) is 32.4 Å². The van der Waals surface area contributed by atoms with E-state index < -0.39 is 0 Å². The molecule has 8 nitrogen and oxygen atoms in total. The van der Waals surface area contributed by atoms with Crippen LogP contribution in [-0.4, -0.2) is 38.7 Å². The summed E-state index contributed by atoms with van der Waals surface area (Å²) >= 11 is 0. The maximum atomic E-state index is 11.9. The lowest BCUT2D eigenvalue weighted by Gasteiger charge is -2.16. The Morgan fingerprint density at radius 2 is 2.18 bits per heavy atom. The zero-order chi connectivity index (χ0) is 15.5. The molecule has 22 heavy (non-hydrogen) atoms. The van der Waals surface area contributed by atoms with E-state index in [2.05, 4.69) is 20.4 Å². The fourth-order valence-electron chi connectivity index (χ4n) is 2.46. The second-order valence-corrected chi connectivity index (χ2v) is 5.31. The third kappa shape index (κ3) is 3.16. The van der Waals surface area contributed by atoms with E-state index in [9.17, 15) is 9.59 Å². The molecular formula is C14H18N6O2.